The molecule has 0 radical (unpaired) electrons. The van der Waals surface area contributed by atoms with Gasteiger partial charge in [-0.1, -0.05) is 6.07 Å². The van der Waals surface area contributed by atoms with Gasteiger partial charge in [0, 0.05) is 24.6 Å². The van der Waals surface area contributed by atoms with Crippen molar-refractivity contribution in [1.82, 2.24) is 4.90 Å². The summed E-state index contributed by atoms with van der Waals surface area (Å²) >= 11 is 1.76. The molecular formula is C13H21NO3S. The fourth-order valence-corrected chi connectivity index (χ4v) is 2.38. The number of carbonyl (C=O) groups is 1. The second-order valence-corrected chi connectivity index (χ2v) is 5.24. The number of thiophene rings is 1. The van der Waals surface area contributed by atoms with Crippen LogP contribution in [-0.2, 0) is 16.0 Å². The molecule has 0 aliphatic heterocycles. The maximum absolute atomic E-state index is 10.9. The van der Waals surface area contributed by atoms with Crippen LogP contribution in [0.5, 0.6) is 0 Å². The van der Waals surface area contributed by atoms with Crippen molar-refractivity contribution in [2.75, 3.05) is 26.7 Å². The molecule has 0 amide bonds. The third-order valence-corrected chi connectivity index (χ3v) is 3.67. The molecule has 1 aromatic heterocycles. The number of hydrogen-bond acceptors (Lipinski definition) is 4. The molecule has 0 spiro atoms. The Balaban J connectivity index is 2.22. The maximum Gasteiger partial charge on any atom is 0.332 e. The zero-order valence-corrected chi connectivity index (χ0v) is 11.8. The topological polar surface area (TPSA) is 49.8 Å². The van der Waals surface area contributed by atoms with Gasteiger partial charge in [0.25, 0.3) is 0 Å². The molecule has 1 unspecified atom stereocenters. The van der Waals surface area contributed by atoms with E-state index < -0.39 is 12.1 Å². The van der Waals surface area contributed by atoms with Crippen LogP contribution in [-0.4, -0.2) is 48.8 Å². The fraction of sp³-hybridized carbons (Fsp3) is 0.615. The smallest absolute Gasteiger partial charge is 0.332 e. The lowest BCUT2D eigenvalue weighted by Gasteiger charge is -2.19. The number of carboxylic acids is 1. The first-order valence-electron chi connectivity index (χ1n) is 6.18. The quantitative estimate of drug-likeness (QED) is 0.747. The van der Waals surface area contributed by atoms with Crippen molar-refractivity contribution >= 4 is 17.3 Å². The Labute approximate surface area is 112 Å². The lowest BCUT2D eigenvalue weighted by Crippen LogP contribution is -2.30. The predicted octanol–water partition coefficient (Wildman–Crippen LogP) is 2.10. The SMILES string of the molecule is CCOC(CCN(C)CCc1cccs1)C(=O)O. The standard InChI is InChI=1S/C13H21NO3S/c1-3-17-12(13(15)16)7-9-14(2)8-6-11-5-4-10-18-11/h4-5,10,12H,3,6-9H2,1-2H3,(H,15,16). The van der Waals surface area contributed by atoms with Gasteiger partial charge in [0.05, 0.1) is 0 Å². The normalized spacial score (nSPS) is 12.8. The summed E-state index contributed by atoms with van der Waals surface area (Å²) < 4.78 is 5.18. The Hall–Kier alpha value is -0.910. The minimum absolute atomic E-state index is 0.440. The molecule has 0 fully saturated rings. The van der Waals surface area contributed by atoms with Gasteiger partial charge in [-0.2, -0.15) is 0 Å². The predicted molar refractivity (Wildman–Crippen MR) is 73.2 cm³/mol. The van der Waals surface area contributed by atoms with Crippen molar-refractivity contribution in [2.45, 2.75) is 25.9 Å². The van der Waals surface area contributed by atoms with Crippen LogP contribution in [0.2, 0.25) is 0 Å². The Morgan fingerprint density at radius 3 is 2.89 bits per heavy atom. The van der Waals surface area contributed by atoms with E-state index in [-0.39, 0.29) is 0 Å². The van der Waals surface area contributed by atoms with Gasteiger partial charge in [0.1, 0.15) is 0 Å². The van der Waals surface area contributed by atoms with Gasteiger partial charge in [0.15, 0.2) is 6.10 Å². The minimum Gasteiger partial charge on any atom is -0.479 e. The molecule has 102 valence electrons. The number of likely N-dealkylation sites (N-methyl/N-ethyl adjacent to an activating group) is 1. The highest BCUT2D eigenvalue weighted by molar-refractivity contribution is 7.09. The van der Waals surface area contributed by atoms with Gasteiger partial charge < -0.3 is 14.7 Å². The zero-order valence-electron chi connectivity index (χ0n) is 11.0. The lowest BCUT2D eigenvalue weighted by molar-refractivity contribution is -0.150. The Morgan fingerprint density at radius 1 is 1.56 bits per heavy atom. The van der Waals surface area contributed by atoms with Crippen molar-refractivity contribution in [3.8, 4) is 0 Å². The van der Waals surface area contributed by atoms with Crippen LogP contribution >= 0.6 is 11.3 Å². The average Bonchev–Trinajstić information content (AvgIpc) is 2.84. The Morgan fingerprint density at radius 2 is 2.33 bits per heavy atom. The van der Waals surface area contributed by atoms with Gasteiger partial charge in [-0.15, -0.1) is 11.3 Å². The highest BCUT2D eigenvalue weighted by atomic mass is 32.1. The summed E-state index contributed by atoms with van der Waals surface area (Å²) in [5, 5.41) is 11.0. The second-order valence-electron chi connectivity index (χ2n) is 4.20. The van der Waals surface area contributed by atoms with Crippen molar-refractivity contribution in [3.63, 3.8) is 0 Å². The van der Waals surface area contributed by atoms with Crippen LogP contribution < -0.4 is 0 Å². The molecule has 5 heteroatoms. The molecule has 18 heavy (non-hydrogen) atoms. The first kappa shape index (κ1) is 15.1. The fourth-order valence-electron chi connectivity index (χ4n) is 1.68. The van der Waals surface area contributed by atoms with E-state index in [1.807, 2.05) is 14.0 Å². The molecular weight excluding hydrogens is 250 g/mol. The number of ether oxygens (including phenoxy) is 1. The van der Waals surface area contributed by atoms with E-state index in [9.17, 15) is 4.79 Å². The number of hydrogen-bond donors (Lipinski definition) is 1. The number of aliphatic carboxylic acids is 1. The molecule has 0 saturated carbocycles. The van der Waals surface area contributed by atoms with Crippen molar-refractivity contribution < 1.29 is 14.6 Å². The monoisotopic (exact) mass is 271 g/mol. The molecule has 1 heterocycles. The van der Waals surface area contributed by atoms with E-state index in [4.69, 9.17) is 9.84 Å². The Kier molecular flexibility index (Phi) is 6.93. The van der Waals surface area contributed by atoms with Gasteiger partial charge in [-0.05, 0) is 38.3 Å². The maximum atomic E-state index is 10.9. The summed E-state index contributed by atoms with van der Waals surface area (Å²) in [6.07, 6.45) is 0.865. The molecule has 0 bridgehead atoms. The number of nitrogens with zero attached hydrogens (tertiary/aromatic N) is 1. The molecule has 1 rings (SSSR count). The first-order chi connectivity index (χ1) is 8.63. The van der Waals surface area contributed by atoms with Crippen LogP contribution in [0.1, 0.15) is 18.2 Å². The molecule has 0 aromatic carbocycles. The van der Waals surface area contributed by atoms with E-state index in [0.717, 1.165) is 19.5 Å². The molecule has 1 aromatic rings. The highest BCUT2D eigenvalue weighted by Gasteiger charge is 2.17. The minimum atomic E-state index is -0.872. The summed E-state index contributed by atoms with van der Waals surface area (Å²) in [4.78, 5) is 14.4. The summed E-state index contributed by atoms with van der Waals surface area (Å²) in [7, 11) is 2.01. The van der Waals surface area contributed by atoms with E-state index in [1.54, 1.807) is 11.3 Å². The summed E-state index contributed by atoms with van der Waals surface area (Å²) in [5.74, 6) is -0.872. The number of carboxylic acid groups (broad SMARTS) is 1. The lowest BCUT2D eigenvalue weighted by atomic mass is 10.2. The summed E-state index contributed by atoms with van der Waals surface area (Å²) in [5.41, 5.74) is 0. The molecule has 0 aliphatic carbocycles. The van der Waals surface area contributed by atoms with Gasteiger partial charge in [-0.3, -0.25) is 0 Å². The van der Waals surface area contributed by atoms with E-state index in [1.165, 1.54) is 4.88 Å². The van der Waals surface area contributed by atoms with Crippen LogP contribution in [0.4, 0.5) is 0 Å². The van der Waals surface area contributed by atoms with E-state index in [0.29, 0.717) is 13.0 Å². The molecule has 1 atom stereocenters. The molecule has 1 N–H and O–H groups in total. The first-order valence-corrected chi connectivity index (χ1v) is 7.06. The number of rotatable bonds is 9. The summed E-state index contributed by atoms with van der Waals surface area (Å²) in [6, 6.07) is 4.17. The second kappa shape index (κ2) is 8.24. The largest absolute Gasteiger partial charge is 0.479 e. The van der Waals surface area contributed by atoms with Crippen LogP contribution in [0.15, 0.2) is 17.5 Å². The van der Waals surface area contributed by atoms with Crippen molar-refractivity contribution in [2.24, 2.45) is 0 Å². The molecule has 0 aliphatic rings. The van der Waals surface area contributed by atoms with Crippen LogP contribution in [0.3, 0.4) is 0 Å². The van der Waals surface area contributed by atoms with Crippen LogP contribution in [0.25, 0.3) is 0 Å². The molecule has 4 nitrogen and oxygen atoms in total. The van der Waals surface area contributed by atoms with E-state index in [2.05, 4.69) is 22.4 Å². The van der Waals surface area contributed by atoms with Crippen LogP contribution in [0, 0.1) is 0 Å². The van der Waals surface area contributed by atoms with Gasteiger partial charge in [0.2, 0.25) is 0 Å². The third kappa shape index (κ3) is 5.62. The highest BCUT2D eigenvalue weighted by Crippen LogP contribution is 2.09. The zero-order chi connectivity index (χ0) is 13.4. The van der Waals surface area contributed by atoms with Gasteiger partial charge in [-0.25, -0.2) is 4.79 Å². The van der Waals surface area contributed by atoms with Gasteiger partial charge >= 0.3 is 5.97 Å². The Bertz CT molecular complexity index is 340. The summed E-state index contributed by atoms with van der Waals surface area (Å²) in [6.45, 7) is 3.94. The van der Waals surface area contributed by atoms with Crippen molar-refractivity contribution in [3.05, 3.63) is 22.4 Å². The molecule has 0 saturated heterocycles. The van der Waals surface area contributed by atoms with E-state index >= 15 is 0 Å². The third-order valence-electron chi connectivity index (χ3n) is 2.74. The van der Waals surface area contributed by atoms with Crippen molar-refractivity contribution in [1.29, 1.82) is 0 Å². The average molecular weight is 271 g/mol.